The van der Waals surface area contributed by atoms with E-state index in [1.807, 2.05) is 55.5 Å². The first kappa shape index (κ1) is 16.7. The van der Waals surface area contributed by atoms with Crippen LogP contribution in [0.5, 0.6) is 0 Å². The van der Waals surface area contributed by atoms with Crippen molar-refractivity contribution in [1.82, 2.24) is 4.98 Å². The Morgan fingerprint density at radius 2 is 1.76 bits per heavy atom. The molecule has 0 aliphatic carbocycles. The molecule has 0 atom stereocenters. The lowest BCUT2D eigenvalue weighted by Gasteiger charge is -2.10. The zero-order valence-corrected chi connectivity index (χ0v) is 14.2. The van der Waals surface area contributed by atoms with Crippen LogP contribution in [-0.2, 0) is 6.42 Å². The van der Waals surface area contributed by atoms with Gasteiger partial charge in [0.15, 0.2) is 0 Å². The third kappa shape index (κ3) is 4.67. The number of amides is 1. The normalized spacial score (nSPS) is 10.3. The summed E-state index contributed by atoms with van der Waals surface area (Å²) in [5.41, 5.74) is 4.49. The summed E-state index contributed by atoms with van der Waals surface area (Å²) in [6, 6.07) is 19.8. The number of para-hydroxylation sites is 1. The van der Waals surface area contributed by atoms with Gasteiger partial charge in [0.2, 0.25) is 0 Å². The molecule has 126 valence electrons. The van der Waals surface area contributed by atoms with Crippen molar-refractivity contribution in [3.8, 4) is 0 Å². The van der Waals surface area contributed by atoms with E-state index in [4.69, 9.17) is 0 Å². The number of nitrogens with one attached hydrogen (secondary N) is 2. The smallest absolute Gasteiger partial charge is 0.257 e. The zero-order chi connectivity index (χ0) is 17.5. The molecule has 0 aliphatic rings. The molecule has 0 saturated heterocycles. The van der Waals surface area contributed by atoms with Crippen molar-refractivity contribution >= 4 is 17.3 Å². The number of carbonyl (C=O) groups is 1. The fraction of sp³-hybridized carbons (Fsp3) is 0.143. The van der Waals surface area contributed by atoms with Gasteiger partial charge in [0.1, 0.15) is 0 Å². The van der Waals surface area contributed by atoms with Crippen LogP contribution >= 0.6 is 0 Å². The standard InChI is InChI=1S/C21H21N3O/c1-16-7-5-6-10-20(16)24-21(25)18-13-19(15-22-14-18)23-12-11-17-8-3-2-4-9-17/h2-10,13-15,23H,11-12H2,1H3,(H,24,25). The van der Waals surface area contributed by atoms with E-state index in [9.17, 15) is 4.79 Å². The lowest BCUT2D eigenvalue weighted by Crippen LogP contribution is -2.14. The maximum absolute atomic E-state index is 12.4. The van der Waals surface area contributed by atoms with Gasteiger partial charge in [0.05, 0.1) is 11.3 Å². The van der Waals surface area contributed by atoms with Crippen LogP contribution in [0.2, 0.25) is 0 Å². The highest BCUT2D eigenvalue weighted by molar-refractivity contribution is 6.04. The quantitative estimate of drug-likeness (QED) is 0.708. The van der Waals surface area contributed by atoms with Crippen LogP contribution in [0.1, 0.15) is 21.5 Å². The molecule has 0 radical (unpaired) electrons. The van der Waals surface area contributed by atoms with Crippen LogP contribution in [-0.4, -0.2) is 17.4 Å². The number of pyridine rings is 1. The fourth-order valence-corrected chi connectivity index (χ4v) is 2.56. The maximum atomic E-state index is 12.4. The minimum atomic E-state index is -0.159. The highest BCUT2D eigenvalue weighted by Gasteiger charge is 2.08. The molecular formula is C21H21N3O. The van der Waals surface area contributed by atoms with Gasteiger partial charge in [0.25, 0.3) is 5.91 Å². The molecule has 4 nitrogen and oxygen atoms in total. The summed E-state index contributed by atoms with van der Waals surface area (Å²) in [5, 5.41) is 6.25. The molecule has 1 aromatic heterocycles. The summed E-state index contributed by atoms with van der Waals surface area (Å²) in [5.74, 6) is -0.159. The number of hydrogen-bond acceptors (Lipinski definition) is 3. The summed E-state index contributed by atoms with van der Waals surface area (Å²) in [6.45, 7) is 2.75. The van der Waals surface area contributed by atoms with Gasteiger partial charge in [-0.2, -0.15) is 0 Å². The molecule has 3 rings (SSSR count). The number of hydrogen-bond donors (Lipinski definition) is 2. The van der Waals surface area contributed by atoms with Crippen molar-refractivity contribution in [2.45, 2.75) is 13.3 Å². The average molecular weight is 331 g/mol. The summed E-state index contributed by atoms with van der Waals surface area (Å²) in [7, 11) is 0. The van der Waals surface area contributed by atoms with Crippen LogP contribution in [0.15, 0.2) is 73.1 Å². The number of nitrogens with zero attached hydrogens (tertiary/aromatic N) is 1. The molecule has 25 heavy (non-hydrogen) atoms. The molecule has 2 aromatic carbocycles. The number of benzene rings is 2. The van der Waals surface area contributed by atoms with Crippen molar-refractivity contribution in [2.75, 3.05) is 17.2 Å². The third-order valence-corrected chi connectivity index (χ3v) is 3.98. The molecule has 0 fully saturated rings. The van der Waals surface area contributed by atoms with Crippen molar-refractivity contribution in [3.63, 3.8) is 0 Å². The Labute approximate surface area is 147 Å². The molecule has 0 aliphatic heterocycles. The number of aryl methyl sites for hydroxylation is 1. The van der Waals surface area contributed by atoms with Crippen molar-refractivity contribution < 1.29 is 4.79 Å². The lowest BCUT2D eigenvalue weighted by molar-refractivity contribution is 0.102. The van der Waals surface area contributed by atoms with Crippen LogP contribution < -0.4 is 10.6 Å². The fourth-order valence-electron chi connectivity index (χ4n) is 2.56. The molecule has 1 heterocycles. The van der Waals surface area contributed by atoms with E-state index in [1.165, 1.54) is 5.56 Å². The van der Waals surface area contributed by atoms with E-state index in [0.29, 0.717) is 5.56 Å². The van der Waals surface area contributed by atoms with Crippen LogP contribution in [0.3, 0.4) is 0 Å². The highest BCUT2D eigenvalue weighted by Crippen LogP contribution is 2.16. The number of rotatable bonds is 6. The third-order valence-electron chi connectivity index (χ3n) is 3.98. The van der Waals surface area contributed by atoms with Crippen molar-refractivity contribution in [1.29, 1.82) is 0 Å². The summed E-state index contributed by atoms with van der Waals surface area (Å²) < 4.78 is 0. The predicted octanol–water partition coefficient (Wildman–Crippen LogP) is 4.30. The van der Waals surface area contributed by atoms with Gasteiger partial charge in [-0.15, -0.1) is 0 Å². The first-order chi connectivity index (χ1) is 12.2. The van der Waals surface area contributed by atoms with Gasteiger partial charge >= 0.3 is 0 Å². The van der Waals surface area contributed by atoms with Gasteiger partial charge in [-0.25, -0.2) is 0 Å². The lowest BCUT2D eigenvalue weighted by atomic mass is 10.1. The SMILES string of the molecule is Cc1ccccc1NC(=O)c1cncc(NCCc2ccccc2)c1. The van der Waals surface area contributed by atoms with Gasteiger partial charge in [-0.05, 0) is 36.6 Å². The van der Waals surface area contributed by atoms with E-state index in [0.717, 1.165) is 29.9 Å². The van der Waals surface area contributed by atoms with E-state index in [2.05, 4.69) is 27.8 Å². The van der Waals surface area contributed by atoms with Crippen molar-refractivity contribution in [2.24, 2.45) is 0 Å². The highest BCUT2D eigenvalue weighted by atomic mass is 16.1. The van der Waals surface area contributed by atoms with Gasteiger partial charge in [-0.3, -0.25) is 9.78 Å². The summed E-state index contributed by atoms with van der Waals surface area (Å²) in [6.07, 6.45) is 4.23. The van der Waals surface area contributed by atoms with Crippen molar-refractivity contribution in [3.05, 3.63) is 89.7 Å². The Kier molecular flexibility index (Phi) is 5.42. The monoisotopic (exact) mass is 331 g/mol. The Morgan fingerprint density at radius 3 is 2.56 bits per heavy atom. The Bertz CT molecular complexity index is 847. The van der Waals surface area contributed by atoms with Crippen LogP contribution in [0, 0.1) is 6.92 Å². The predicted molar refractivity (Wildman–Crippen MR) is 102 cm³/mol. The number of carbonyl (C=O) groups excluding carboxylic acids is 1. The molecule has 0 unspecified atom stereocenters. The first-order valence-corrected chi connectivity index (χ1v) is 8.32. The van der Waals surface area contributed by atoms with Crippen LogP contribution in [0.4, 0.5) is 11.4 Å². The van der Waals surface area contributed by atoms with E-state index < -0.39 is 0 Å². The number of aromatic nitrogens is 1. The Balaban J connectivity index is 1.61. The van der Waals surface area contributed by atoms with Gasteiger partial charge in [0, 0.05) is 24.6 Å². The van der Waals surface area contributed by atoms with Crippen LogP contribution in [0.25, 0.3) is 0 Å². The van der Waals surface area contributed by atoms with E-state index in [1.54, 1.807) is 12.4 Å². The second kappa shape index (κ2) is 8.11. The second-order valence-corrected chi connectivity index (χ2v) is 5.89. The van der Waals surface area contributed by atoms with E-state index in [-0.39, 0.29) is 5.91 Å². The minimum absolute atomic E-state index is 0.159. The molecule has 0 saturated carbocycles. The first-order valence-electron chi connectivity index (χ1n) is 8.32. The summed E-state index contributed by atoms with van der Waals surface area (Å²) >= 11 is 0. The topological polar surface area (TPSA) is 54.0 Å². The average Bonchev–Trinajstić information content (AvgIpc) is 2.65. The van der Waals surface area contributed by atoms with E-state index >= 15 is 0 Å². The zero-order valence-electron chi connectivity index (χ0n) is 14.2. The Morgan fingerprint density at radius 1 is 1.00 bits per heavy atom. The van der Waals surface area contributed by atoms with Gasteiger partial charge in [-0.1, -0.05) is 48.5 Å². The minimum Gasteiger partial charge on any atom is -0.383 e. The second-order valence-electron chi connectivity index (χ2n) is 5.89. The maximum Gasteiger partial charge on any atom is 0.257 e. The molecule has 0 bridgehead atoms. The Hall–Kier alpha value is -3.14. The number of anilines is 2. The molecule has 3 aromatic rings. The molecule has 2 N–H and O–H groups in total. The summed E-state index contributed by atoms with van der Waals surface area (Å²) in [4.78, 5) is 16.6. The molecule has 1 amide bonds. The van der Waals surface area contributed by atoms with Gasteiger partial charge < -0.3 is 10.6 Å². The molecule has 4 heteroatoms. The molecule has 0 spiro atoms. The molecular weight excluding hydrogens is 310 g/mol. The largest absolute Gasteiger partial charge is 0.383 e.